The highest BCUT2D eigenvalue weighted by Crippen LogP contribution is 2.18. The lowest BCUT2D eigenvalue weighted by atomic mass is 10.3. The molecule has 0 spiro atoms. The average Bonchev–Trinajstić information content (AvgIpc) is 2.30. The van der Waals surface area contributed by atoms with Gasteiger partial charge < -0.3 is 4.98 Å². The summed E-state index contributed by atoms with van der Waals surface area (Å²) in [6.07, 6.45) is 0.560. The lowest BCUT2D eigenvalue weighted by Gasteiger charge is -2.38. The molecule has 0 unspecified atom stereocenters. The van der Waals surface area contributed by atoms with Crippen molar-refractivity contribution in [3.8, 4) is 0 Å². The lowest BCUT2D eigenvalue weighted by molar-refractivity contribution is 0.0604. The number of likely N-dealkylation sites (N-methyl/N-ethyl adjacent to an activating group) is 2. The quantitative estimate of drug-likeness (QED) is 0.511. The first-order chi connectivity index (χ1) is 8.39. The highest BCUT2D eigenvalue weighted by atomic mass is 28.2. The van der Waals surface area contributed by atoms with E-state index in [2.05, 4.69) is 63.2 Å². The summed E-state index contributed by atoms with van der Waals surface area (Å²) >= 11 is 0. The molecule has 0 heterocycles. The van der Waals surface area contributed by atoms with Gasteiger partial charge in [0.2, 0.25) is 0 Å². The van der Waals surface area contributed by atoms with E-state index in [0.717, 1.165) is 32.7 Å². The Bertz CT molecular complexity index is 184. The molecule has 18 heavy (non-hydrogen) atoms. The molecular weight excluding hydrogens is 238 g/mol. The van der Waals surface area contributed by atoms with Crippen LogP contribution in [0.2, 0.25) is 5.04 Å². The van der Waals surface area contributed by atoms with Gasteiger partial charge in [-0.3, -0.25) is 9.80 Å². The van der Waals surface area contributed by atoms with E-state index in [1.807, 2.05) is 0 Å². The van der Waals surface area contributed by atoms with Gasteiger partial charge in [-0.15, -0.1) is 0 Å². The molecule has 0 fully saturated rings. The Labute approximate surface area is 117 Å². The van der Waals surface area contributed by atoms with Gasteiger partial charge in [-0.25, -0.2) is 0 Å². The Hall–Kier alpha value is 0.0969. The third-order valence-electron chi connectivity index (χ3n) is 3.45. The van der Waals surface area contributed by atoms with Crippen molar-refractivity contribution in [2.24, 2.45) is 0 Å². The summed E-state index contributed by atoms with van der Waals surface area (Å²) < 4.78 is 0. The van der Waals surface area contributed by atoms with Crippen LogP contribution in [-0.4, -0.2) is 58.4 Å². The lowest BCUT2D eigenvalue weighted by Crippen LogP contribution is -2.54. The van der Waals surface area contributed by atoms with Crippen LogP contribution in [0.5, 0.6) is 0 Å². The number of hydrogen-bond acceptors (Lipinski definition) is 3. The van der Waals surface area contributed by atoms with Crippen molar-refractivity contribution in [3.05, 3.63) is 0 Å². The molecule has 0 bridgehead atoms. The van der Waals surface area contributed by atoms with E-state index < -0.39 is 0 Å². The Kier molecular flexibility index (Phi) is 9.12. The van der Waals surface area contributed by atoms with Crippen LogP contribution in [0.1, 0.15) is 48.5 Å². The Morgan fingerprint density at radius 1 is 0.889 bits per heavy atom. The van der Waals surface area contributed by atoms with Crippen LogP contribution in [0, 0.1) is 0 Å². The molecule has 0 aromatic carbocycles. The van der Waals surface area contributed by atoms with Crippen LogP contribution in [0.4, 0.5) is 0 Å². The number of rotatable bonds is 9. The maximum absolute atomic E-state index is 3.78. The van der Waals surface area contributed by atoms with Crippen LogP contribution in [-0.2, 0) is 0 Å². The fourth-order valence-electron chi connectivity index (χ4n) is 2.36. The summed E-state index contributed by atoms with van der Waals surface area (Å²) in [5.74, 6) is 0. The van der Waals surface area contributed by atoms with Crippen molar-refractivity contribution in [2.45, 2.75) is 59.7 Å². The fourth-order valence-corrected chi connectivity index (χ4v) is 3.51. The molecule has 4 heteroatoms. The average molecular weight is 274 g/mol. The minimum Gasteiger partial charge on any atom is -0.339 e. The molecule has 0 atom stereocenters. The smallest absolute Gasteiger partial charge is 0.0971 e. The predicted molar refractivity (Wildman–Crippen MR) is 85.9 cm³/mol. The van der Waals surface area contributed by atoms with Gasteiger partial charge in [0.25, 0.3) is 0 Å². The summed E-state index contributed by atoms with van der Waals surface area (Å²) in [7, 11) is -0.191. The van der Waals surface area contributed by atoms with Crippen molar-refractivity contribution in [1.29, 1.82) is 0 Å². The van der Waals surface area contributed by atoms with Crippen molar-refractivity contribution in [2.75, 3.05) is 32.7 Å². The standard InChI is InChI=1S/C14H35N3Si/c1-8-16(9-2)13(17(10-3)11-4)12-15-18-14(5,6)7/h13,15H,8-12,18H2,1-7H3. The molecule has 0 saturated carbocycles. The first kappa shape index (κ1) is 18.1. The van der Waals surface area contributed by atoms with Crippen LogP contribution in [0.15, 0.2) is 0 Å². The number of nitrogens with one attached hydrogen (secondary N) is 1. The minimum absolute atomic E-state index is 0.191. The van der Waals surface area contributed by atoms with Gasteiger partial charge in [0.05, 0.1) is 15.8 Å². The van der Waals surface area contributed by atoms with E-state index in [1.54, 1.807) is 0 Å². The van der Waals surface area contributed by atoms with Crippen LogP contribution in [0.3, 0.4) is 0 Å². The molecule has 0 aromatic rings. The molecule has 0 aromatic heterocycles. The van der Waals surface area contributed by atoms with Crippen molar-refractivity contribution >= 4 is 9.68 Å². The van der Waals surface area contributed by atoms with Gasteiger partial charge in [0, 0.05) is 6.54 Å². The third kappa shape index (κ3) is 6.88. The summed E-state index contributed by atoms with van der Waals surface area (Å²) in [4.78, 5) is 8.91. The molecule has 1 N–H and O–H groups in total. The zero-order valence-corrected chi connectivity index (χ0v) is 15.1. The Balaban J connectivity index is 4.46. The molecule has 3 nitrogen and oxygen atoms in total. The molecule has 0 rings (SSSR count). The van der Waals surface area contributed by atoms with E-state index in [9.17, 15) is 0 Å². The molecule has 110 valence electrons. The van der Waals surface area contributed by atoms with Gasteiger partial charge in [-0.05, 0) is 31.2 Å². The number of nitrogens with zero attached hydrogens (tertiary/aromatic N) is 2. The molecule has 0 aliphatic heterocycles. The largest absolute Gasteiger partial charge is 0.339 e. The molecule has 0 amide bonds. The summed E-state index contributed by atoms with van der Waals surface area (Å²) in [6, 6.07) is 0. The highest BCUT2D eigenvalue weighted by Gasteiger charge is 2.21. The van der Waals surface area contributed by atoms with Gasteiger partial charge >= 0.3 is 0 Å². The van der Waals surface area contributed by atoms with Gasteiger partial charge in [0.15, 0.2) is 0 Å². The van der Waals surface area contributed by atoms with E-state index in [4.69, 9.17) is 0 Å². The maximum Gasteiger partial charge on any atom is 0.0971 e. The SMILES string of the molecule is CCN(CC)C(CN[SiH2]C(C)(C)C)N(CC)CC. The van der Waals surface area contributed by atoms with Crippen LogP contribution >= 0.6 is 0 Å². The topological polar surface area (TPSA) is 18.5 Å². The Morgan fingerprint density at radius 2 is 1.28 bits per heavy atom. The van der Waals surface area contributed by atoms with E-state index in [0.29, 0.717) is 11.2 Å². The first-order valence-corrected chi connectivity index (χ1v) is 8.99. The molecule has 0 radical (unpaired) electrons. The second-order valence-corrected chi connectivity index (χ2v) is 9.09. The van der Waals surface area contributed by atoms with Crippen molar-refractivity contribution in [1.82, 2.24) is 14.8 Å². The second-order valence-electron chi connectivity index (χ2n) is 6.11. The van der Waals surface area contributed by atoms with Gasteiger partial charge in [0.1, 0.15) is 0 Å². The van der Waals surface area contributed by atoms with Gasteiger partial charge in [-0.2, -0.15) is 0 Å². The monoisotopic (exact) mass is 273 g/mol. The minimum atomic E-state index is -0.191. The molecule has 0 saturated heterocycles. The van der Waals surface area contributed by atoms with E-state index in [-0.39, 0.29) is 9.68 Å². The van der Waals surface area contributed by atoms with E-state index in [1.165, 1.54) is 0 Å². The predicted octanol–water partition coefficient (Wildman–Crippen LogP) is 1.89. The van der Waals surface area contributed by atoms with Crippen molar-refractivity contribution in [3.63, 3.8) is 0 Å². The molecular formula is C14H35N3Si. The molecule has 0 aliphatic rings. The van der Waals surface area contributed by atoms with Crippen LogP contribution in [0.25, 0.3) is 0 Å². The van der Waals surface area contributed by atoms with E-state index >= 15 is 0 Å². The Morgan fingerprint density at radius 3 is 1.56 bits per heavy atom. The van der Waals surface area contributed by atoms with Crippen LogP contribution < -0.4 is 4.98 Å². The summed E-state index contributed by atoms with van der Waals surface area (Å²) in [5, 5.41) is 0.497. The summed E-state index contributed by atoms with van der Waals surface area (Å²) in [6.45, 7) is 21.7. The second kappa shape index (κ2) is 9.07. The summed E-state index contributed by atoms with van der Waals surface area (Å²) in [5.41, 5.74) is 0. The van der Waals surface area contributed by atoms with Crippen molar-refractivity contribution < 1.29 is 0 Å². The fraction of sp³-hybridized carbons (Fsp3) is 1.00. The van der Waals surface area contributed by atoms with Gasteiger partial charge in [-0.1, -0.05) is 48.5 Å². The normalized spacial score (nSPS) is 13.7. The zero-order valence-electron chi connectivity index (χ0n) is 13.7. The molecule has 0 aliphatic carbocycles. The maximum atomic E-state index is 3.78. The first-order valence-electron chi connectivity index (χ1n) is 7.58. The zero-order chi connectivity index (χ0) is 14.2. The third-order valence-corrected chi connectivity index (χ3v) is 5.05. The number of hydrogen-bond donors (Lipinski definition) is 1. The highest BCUT2D eigenvalue weighted by molar-refractivity contribution is 6.36.